The molecule has 0 spiro atoms. The number of hydrogen-bond acceptors (Lipinski definition) is 4. The number of rotatable bonds is 4. The van der Waals surface area contributed by atoms with Crippen molar-refractivity contribution in [2.75, 3.05) is 25.4 Å². The van der Waals surface area contributed by atoms with Crippen LogP contribution in [0.15, 0.2) is 41.0 Å². The predicted octanol–water partition coefficient (Wildman–Crippen LogP) is 3.80. The van der Waals surface area contributed by atoms with Crippen LogP contribution in [0.1, 0.15) is 42.9 Å². The van der Waals surface area contributed by atoms with E-state index in [-0.39, 0.29) is 0 Å². The smallest absolute Gasteiger partial charge is 0.220 e. The first-order valence-corrected chi connectivity index (χ1v) is 8.97. The van der Waals surface area contributed by atoms with Gasteiger partial charge in [-0.25, -0.2) is 9.97 Å². The molecule has 1 saturated heterocycles. The number of anilines is 1. The highest BCUT2D eigenvalue weighted by Gasteiger charge is 2.24. The molecule has 122 valence electrons. The third kappa shape index (κ3) is 4.30. The molecule has 1 aliphatic rings. The molecule has 2 N–H and O–H groups in total. The van der Waals surface area contributed by atoms with Crippen LogP contribution in [0.25, 0.3) is 0 Å². The van der Waals surface area contributed by atoms with Crippen LogP contribution in [0.3, 0.4) is 0 Å². The molecule has 0 saturated carbocycles. The Morgan fingerprint density at radius 1 is 1.39 bits per heavy atom. The van der Waals surface area contributed by atoms with Crippen LogP contribution in [-0.2, 0) is 0 Å². The van der Waals surface area contributed by atoms with Gasteiger partial charge in [-0.15, -0.1) is 0 Å². The van der Waals surface area contributed by atoms with E-state index in [1.54, 1.807) is 6.20 Å². The Bertz CT molecular complexity index is 659. The summed E-state index contributed by atoms with van der Waals surface area (Å²) < 4.78 is 1.15. The van der Waals surface area contributed by atoms with Gasteiger partial charge in [-0.1, -0.05) is 35.0 Å². The largest absolute Gasteiger partial charge is 0.368 e. The average molecular weight is 375 g/mol. The fourth-order valence-electron chi connectivity index (χ4n) is 3.38. The molecule has 0 aliphatic carbocycles. The molecule has 0 amide bonds. The first-order valence-electron chi connectivity index (χ1n) is 8.18. The summed E-state index contributed by atoms with van der Waals surface area (Å²) in [6, 6.07) is 10.6. The molecule has 3 rings (SSSR count). The van der Waals surface area contributed by atoms with Crippen molar-refractivity contribution in [3.8, 4) is 0 Å². The number of aromatic nitrogens is 2. The second-order valence-electron chi connectivity index (χ2n) is 6.39. The summed E-state index contributed by atoms with van der Waals surface area (Å²) in [5.74, 6) is 1.35. The van der Waals surface area contributed by atoms with Gasteiger partial charge >= 0.3 is 0 Å². The zero-order valence-corrected chi connectivity index (χ0v) is 15.0. The van der Waals surface area contributed by atoms with Crippen LogP contribution in [0.4, 0.5) is 5.95 Å². The van der Waals surface area contributed by atoms with E-state index in [0.29, 0.717) is 17.8 Å². The lowest BCUT2D eigenvalue weighted by Gasteiger charge is -2.34. The number of likely N-dealkylation sites (tertiary alicyclic amines) is 1. The van der Waals surface area contributed by atoms with Crippen LogP contribution in [0, 0.1) is 0 Å². The van der Waals surface area contributed by atoms with Crippen molar-refractivity contribution >= 4 is 21.9 Å². The second kappa shape index (κ2) is 7.41. The molecular formula is C18H23BrN4. The van der Waals surface area contributed by atoms with Crippen molar-refractivity contribution in [3.05, 3.63) is 52.3 Å². The lowest BCUT2D eigenvalue weighted by atomic mass is 9.93. The van der Waals surface area contributed by atoms with E-state index in [2.05, 4.69) is 62.0 Å². The van der Waals surface area contributed by atoms with Crippen molar-refractivity contribution in [3.63, 3.8) is 0 Å². The van der Waals surface area contributed by atoms with E-state index in [1.807, 2.05) is 6.07 Å². The Morgan fingerprint density at radius 2 is 2.26 bits per heavy atom. The van der Waals surface area contributed by atoms with E-state index >= 15 is 0 Å². The Hall–Kier alpha value is -1.46. The maximum Gasteiger partial charge on any atom is 0.220 e. The minimum atomic E-state index is 0.377. The molecule has 4 nitrogen and oxygen atoms in total. The normalized spacial score (nSPS) is 20.3. The van der Waals surface area contributed by atoms with Gasteiger partial charge in [0.1, 0.15) is 0 Å². The molecule has 1 aromatic heterocycles. The summed E-state index contributed by atoms with van der Waals surface area (Å²) in [6.07, 6.45) is 4.15. The molecule has 1 aromatic carbocycles. The topological polar surface area (TPSA) is 55.0 Å². The highest BCUT2D eigenvalue weighted by molar-refractivity contribution is 9.10. The molecular weight excluding hydrogens is 352 g/mol. The first kappa shape index (κ1) is 16.4. The molecule has 5 heteroatoms. The number of nitrogen functional groups attached to an aromatic ring is 1. The number of piperidine rings is 1. The van der Waals surface area contributed by atoms with Crippen molar-refractivity contribution in [2.45, 2.75) is 31.6 Å². The number of benzene rings is 1. The minimum absolute atomic E-state index is 0.377. The summed E-state index contributed by atoms with van der Waals surface area (Å²) in [4.78, 5) is 11.0. The number of halogens is 1. The summed E-state index contributed by atoms with van der Waals surface area (Å²) in [7, 11) is 0. The number of hydrogen-bond donors (Lipinski definition) is 1. The number of nitrogens with two attached hydrogens (primary N) is 1. The van der Waals surface area contributed by atoms with Crippen LogP contribution >= 0.6 is 15.9 Å². The second-order valence-corrected chi connectivity index (χ2v) is 7.31. The third-order valence-corrected chi connectivity index (χ3v) is 5.06. The molecule has 23 heavy (non-hydrogen) atoms. The molecule has 2 heterocycles. The molecule has 2 unspecified atom stereocenters. The van der Waals surface area contributed by atoms with Crippen LogP contribution in [0.2, 0.25) is 0 Å². The van der Waals surface area contributed by atoms with Crippen LogP contribution < -0.4 is 5.73 Å². The van der Waals surface area contributed by atoms with Gasteiger partial charge in [0.15, 0.2) is 0 Å². The lowest BCUT2D eigenvalue weighted by Crippen LogP contribution is -2.37. The van der Waals surface area contributed by atoms with Gasteiger partial charge in [-0.3, -0.25) is 0 Å². The standard InChI is InChI=1S/C18H23BrN4/c1-13(14-4-2-6-16(19)10-14)11-23-9-3-5-15(12-23)17-7-8-21-18(20)22-17/h2,4,6-8,10,13,15H,3,5,9,11-12H2,1H3,(H2,20,21,22). The minimum Gasteiger partial charge on any atom is -0.368 e. The van der Waals surface area contributed by atoms with Crippen LogP contribution in [0.5, 0.6) is 0 Å². The summed E-state index contributed by atoms with van der Waals surface area (Å²) in [6.45, 7) is 5.59. The SMILES string of the molecule is CC(CN1CCCC(c2ccnc(N)n2)C1)c1cccc(Br)c1. The average Bonchev–Trinajstić information content (AvgIpc) is 2.55. The third-order valence-electron chi connectivity index (χ3n) is 4.57. The Labute approximate surface area is 146 Å². The van der Waals surface area contributed by atoms with Gasteiger partial charge in [0, 0.05) is 29.7 Å². The van der Waals surface area contributed by atoms with E-state index < -0.39 is 0 Å². The first-order chi connectivity index (χ1) is 11.1. The van der Waals surface area contributed by atoms with Gasteiger partial charge in [-0.05, 0) is 49.1 Å². The van der Waals surface area contributed by atoms with E-state index in [1.165, 1.54) is 18.4 Å². The zero-order chi connectivity index (χ0) is 16.2. The zero-order valence-electron chi connectivity index (χ0n) is 13.5. The molecule has 2 atom stereocenters. The fourth-order valence-corrected chi connectivity index (χ4v) is 3.80. The summed E-state index contributed by atoms with van der Waals surface area (Å²) in [5, 5.41) is 0. The van der Waals surface area contributed by atoms with E-state index in [4.69, 9.17) is 5.73 Å². The molecule has 1 aliphatic heterocycles. The van der Waals surface area contributed by atoms with Crippen molar-refractivity contribution < 1.29 is 0 Å². The van der Waals surface area contributed by atoms with E-state index in [0.717, 1.165) is 29.8 Å². The highest BCUT2D eigenvalue weighted by Crippen LogP contribution is 2.28. The van der Waals surface area contributed by atoms with Gasteiger partial charge in [0.05, 0.1) is 5.69 Å². The predicted molar refractivity (Wildman–Crippen MR) is 97.4 cm³/mol. The number of nitrogens with zero attached hydrogens (tertiary/aromatic N) is 3. The summed E-state index contributed by atoms with van der Waals surface area (Å²) >= 11 is 3.56. The Kier molecular flexibility index (Phi) is 5.28. The van der Waals surface area contributed by atoms with Crippen molar-refractivity contribution in [1.82, 2.24) is 14.9 Å². The van der Waals surface area contributed by atoms with E-state index in [9.17, 15) is 0 Å². The quantitative estimate of drug-likeness (QED) is 0.883. The molecule has 0 radical (unpaired) electrons. The maximum absolute atomic E-state index is 5.73. The lowest BCUT2D eigenvalue weighted by molar-refractivity contribution is 0.197. The maximum atomic E-state index is 5.73. The highest BCUT2D eigenvalue weighted by atomic mass is 79.9. The monoisotopic (exact) mass is 374 g/mol. The van der Waals surface area contributed by atoms with Crippen molar-refractivity contribution in [1.29, 1.82) is 0 Å². The summed E-state index contributed by atoms with van der Waals surface area (Å²) in [5.41, 5.74) is 8.19. The van der Waals surface area contributed by atoms with Crippen molar-refractivity contribution in [2.24, 2.45) is 0 Å². The van der Waals surface area contributed by atoms with Gasteiger partial charge in [0.25, 0.3) is 0 Å². The Morgan fingerprint density at radius 3 is 3.04 bits per heavy atom. The fraction of sp³-hybridized carbons (Fsp3) is 0.444. The van der Waals surface area contributed by atoms with Gasteiger partial charge < -0.3 is 10.6 Å². The molecule has 2 aromatic rings. The van der Waals surface area contributed by atoms with Gasteiger partial charge in [0.2, 0.25) is 5.95 Å². The molecule has 0 bridgehead atoms. The van der Waals surface area contributed by atoms with Crippen LogP contribution in [-0.4, -0.2) is 34.5 Å². The molecule has 1 fully saturated rings. The Balaban J connectivity index is 1.64. The van der Waals surface area contributed by atoms with Gasteiger partial charge in [-0.2, -0.15) is 0 Å².